The Kier molecular flexibility index (Phi) is 4.93. The molecule has 0 unspecified atom stereocenters. The number of nitrogens with one attached hydrogen (secondary N) is 2. The molecule has 2 N–H and O–H groups in total. The molecule has 0 spiro atoms. The van der Waals surface area contributed by atoms with E-state index < -0.39 is 17.9 Å². The molecular formula is C19H21F2N5O3. The summed E-state index contributed by atoms with van der Waals surface area (Å²) in [6, 6.07) is -0.543. The van der Waals surface area contributed by atoms with Gasteiger partial charge in [-0.25, -0.2) is 18.7 Å². The van der Waals surface area contributed by atoms with Crippen molar-refractivity contribution >= 4 is 23.0 Å². The van der Waals surface area contributed by atoms with E-state index >= 15 is 0 Å². The molecule has 2 aliphatic rings. The molecule has 29 heavy (non-hydrogen) atoms. The number of H-pyrrole nitrogens is 1. The van der Waals surface area contributed by atoms with E-state index in [0.29, 0.717) is 37.1 Å². The Morgan fingerprint density at radius 1 is 1.34 bits per heavy atom. The number of fused-ring (bicyclic) bond motifs is 1. The maximum Gasteiger partial charge on any atom is 0.255 e. The van der Waals surface area contributed by atoms with Gasteiger partial charge in [-0.2, -0.15) is 0 Å². The van der Waals surface area contributed by atoms with Gasteiger partial charge >= 0.3 is 0 Å². The second-order valence-electron chi connectivity index (χ2n) is 7.39. The molecule has 10 heteroatoms. The Morgan fingerprint density at radius 2 is 2.07 bits per heavy atom. The fraction of sp³-hybridized carbons (Fsp3) is 0.474. The Balaban J connectivity index is 1.41. The number of piperidine rings is 1. The molecule has 0 radical (unpaired) electrons. The van der Waals surface area contributed by atoms with E-state index in [0.717, 1.165) is 0 Å². The van der Waals surface area contributed by atoms with Gasteiger partial charge in [-0.15, -0.1) is 0 Å². The van der Waals surface area contributed by atoms with Crippen molar-refractivity contribution in [3.05, 3.63) is 30.6 Å². The molecule has 4 rings (SSSR count). The van der Waals surface area contributed by atoms with E-state index in [1.807, 2.05) is 0 Å². The number of carbonyl (C=O) groups excluding carboxylic acids is 2. The summed E-state index contributed by atoms with van der Waals surface area (Å²) in [5.74, 6) is -3.00. The van der Waals surface area contributed by atoms with Crippen molar-refractivity contribution in [1.29, 1.82) is 0 Å². The van der Waals surface area contributed by atoms with Gasteiger partial charge in [-0.05, 0) is 6.08 Å². The van der Waals surface area contributed by atoms with Gasteiger partial charge in [0.2, 0.25) is 11.8 Å². The fourth-order valence-electron chi connectivity index (χ4n) is 3.63. The van der Waals surface area contributed by atoms with Crippen molar-refractivity contribution in [2.45, 2.75) is 43.8 Å². The van der Waals surface area contributed by atoms with E-state index in [1.54, 1.807) is 4.90 Å². The molecule has 0 aromatic carbocycles. The molecule has 2 aromatic rings. The van der Waals surface area contributed by atoms with Gasteiger partial charge in [0.1, 0.15) is 11.6 Å². The number of alkyl halides is 2. The Hall–Kier alpha value is -3.04. The Labute approximate surface area is 165 Å². The summed E-state index contributed by atoms with van der Waals surface area (Å²) in [5.41, 5.74) is 0.970. The van der Waals surface area contributed by atoms with Crippen LogP contribution in [0, 0.1) is 0 Å². The molecule has 2 amide bonds. The van der Waals surface area contributed by atoms with Crippen LogP contribution in [0.15, 0.2) is 25.0 Å². The summed E-state index contributed by atoms with van der Waals surface area (Å²) in [4.78, 5) is 37.3. The number of amides is 2. The Bertz CT molecular complexity index is 944. The monoisotopic (exact) mass is 405 g/mol. The first-order valence-electron chi connectivity index (χ1n) is 9.45. The topological polar surface area (TPSA) is 100 Å². The lowest BCUT2D eigenvalue weighted by atomic mass is 9.88. The predicted octanol–water partition coefficient (Wildman–Crippen LogP) is 2.04. The third-order valence-electron chi connectivity index (χ3n) is 5.24. The van der Waals surface area contributed by atoms with Crippen molar-refractivity contribution in [3.8, 4) is 5.88 Å². The van der Waals surface area contributed by atoms with Gasteiger partial charge in [0.15, 0.2) is 5.65 Å². The minimum Gasteiger partial charge on any atom is -0.473 e. The molecular weight excluding hydrogens is 384 g/mol. The van der Waals surface area contributed by atoms with E-state index in [-0.39, 0.29) is 36.3 Å². The van der Waals surface area contributed by atoms with Crippen molar-refractivity contribution in [2.75, 3.05) is 13.1 Å². The zero-order valence-corrected chi connectivity index (χ0v) is 15.7. The normalized spacial score (nSPS) is 19.6. The zero-order valence-electron chi connectivity index (χ0n) is 15.7. The third kappa shape index (κ3) is 4.06. The first kappa shape index (κ1) is 19.3. The maximum absolute atomic E-state index is 13.0. The van der Waals surface area contributed by atoms with E-state index in [2.05, 4.69) is 26.8 Å². The highest BCUT2D eigenvalue weighted by atomic mass is 19.3. The summed E-state index contributed by atoms with van der Waals surface area (Å²) in [6.07, 6.45) is 4.69. The molecule has 8 nitrogen and oxygen atoms in total. The first-order chi connectivity index (χ1) is 13.8. The van der Waals surface area contributed by atoms with Gasteiger partial charge < -0.3 is 19.9 Å². The molecule has 1 aliphatic carbocycles. The highest BCUT2D eigenvalue weighted by molar-refractivity contribution is 6.04. The van der Waals surface area contributed by atoms with Crippen LogP contribution in [0.3, 0.4) is 0 Å². The molecule has 0 atom stereocenters. The van der Waals surface area contributed by atoms with Crippen molar-refractivity contribution in [2.24, 2.45) is 0 Å². The standard InChI is InChI=1S/C19H21F2N5O3/c1-2-15(27)26-5-3-12(4-6-26)29-14-10-23-17-16(25-14)13(9-22-17)18(28)24-11-7-19(20,21)8-11/h2,9-12H,1,3-8H2,(H,22,23)(H,24,28). The summed E-state index contributed by atoms with van der Waals surface area (Å²) in [7, 11) is 0. The van der Waals surface area contributed by atoms with Crippen molar-refractivity contribution in [1.82, 2.24) is 25.2 Å². The minimum absolute atomic E-state index is 0.100. The molecule has 2 fully saturated rings. The van der Waals surface area contributed by atoms with Gasteiger partial charge in [0.25, 0.3) is 11.8 Å². The number of likely N-dealkylation sites (tertiary alicyclic amines) is 1. The second kappa shape index (κ2) is 7.41. The maximum atomic E-state index is 13.0. The predicted molar refractivity (Wildman–Crippen MR) is 99.8 cm³/mol. The highest BCUT2D eigenvalue weighted by Gasteiger charge is 2.46. The molecule has 3 heterocycles. The van der Waals surface area contributed by atoms with Gasteiger partial charge in [-0.1, -0.05) is 6.58 Å². The van der Waals surface area contributed by atoms with Crippen LogP contribution < -0.4 is 10.1 Å². The number of carbonyl (C=O) groups is 2. The van der Waals surface area contributed by atoms with Crippen molar-refractivity contribution < 1.29 is 23.1 Å². The molecule has 0 bridgehead atoms. The lowest BCUT2D eigenvalue weighted by Gasteiger charge is -2.35. The van der Waals surface area contributed by atoms with Crippen LogP contribution in [0.25, 0.3) is 11.2 Å². The lowest BCUT2D eigenvalue weighted by Crippen LogP contribution is -2.50. The largest absolute Gasteiger partial charge is 0.473 e. The average molecular weight is 405 g/mol. The SMILES string of the molecule is C=CC(=O)N1CCC(Oc2cnc3[nH]cc(C(=O)NC4CC(F)(F)C4)c3n2)CC1. The molecule has 1 aliphatic heterocycles. The van der Waals surface area contributed by atoms with Crippen LogP contribution in [0.2, 0.25) is 0 Å². The number of ether oxygens (including phenoxy) is 1. The quantitative estimate of drug-likeness (QED) is 0.742. The van der Waals surface area contributed by atoms with E-state index in [9.17, 15) is 18.4 Å². The molecule has 2 aromatic heterocycles. The minimum atomic E-state index is -2.70. The average Bonchev–Trinajstić information content (AvgIpc) is 3.10. The lowest BCUT2D eigenvalue weighted by molar-refractivity contribution is -0.127. The summed E-state index contributed by atoms with van der Waals surface area (Å²) in [6.45, 7) is 4.62. The number of nitrogens with zero attached hydrogens (tertiary/aromatic N) is 3. The number of hydrogen-bond acceptors (Lipinski definition) is 5. The number of rotatable bonds is 5. The van der Waals surface area contributed by atoms with Gasteiger partial charge in [0.05, 0.1) is 11.8 Å². The van der Waals surface area contributed by atoms with Crippen LogP contribution >= 0.6 is 0 Å². The molecule has 154 valence electrons. The zero-order chi connectivity index (χ0) is 20.6. The van der Waals surface area contributed by atoms with E-state index in [1.165, 1.54) is 18.5 Å². The van der Waals surface area contributed by atoms with E-state index in [4.69, 9.17) is 4.74 Å². The Morgan fingerprint density at radius 3 is 2.72 bits per heavy atom. The van der Waals surface area contributed by atoms with Crippen LogP contribution in [-0.4, -0.2) is 62.8 Å². The number of halogens is 2. The van der Waals surface area contributed by atoms with Gasteiger partial charge in [-0.3, -0.25) is 9.59 Å². The third-order valence-corrected chi connectivity index (χ3v) is 5.24. The summed E-state index contributed by atoms with van der Waals surface area (Å²) in [5, 5.41) is 2.60. The fourth-order valence-corrected chi connectivity index (χ4v) is 3.63. The smallest absolute Gasteiger partial charge is 0.255 e. The van der Waals surface area contributed by atoms with Crippen molar-refractivity contribution in [3.63, 3.8) is 0 Å². The van der Waals surface area contributed by atoms with Gasteiger partial charge in [0, 0.05) is 51.0 Å². The van der Waals surface area contributed by atoms with Crippen LogP contribution in [0.1, 0.15) is 36.0 Å². The number of aromatic amines is 1. The second-order valence-corrected chi connectivity index (χ2v) is 7.39. The first-order valence-corrected chi connectivity index (χ1v) is 9.45. The van der Waals surface area contributed by atoms with Crippen LogP contribution in [0.4, 0.5) is 8.78 Å². The summed E-state index contributed by atoms with van der Waals surface area (Å²) < 4.78 is 31.8. The molecule has 1 saturated heterocycles. The number of hydrogen-bond donors (Lipinski definition) is 2. The number of aromatic nitrogens is 3. The summed E-state index contributed by atoms with van der Waals surface area (Å²) >= 11 is 0. The highest BCUT2D eigenvalue weighted by Crippen LogP contribution is 2.37. The van der Waals surface area contributed by atoms with Crippen LogP contribution in [0.5, 0.6) is 5.88 Å². The van der Waals surface area contributed by atoms with Crippen LogP contribution in [-0.2, 0) is 4.79 Å². The molecule has 1 saturated carbocycles.